The third kappa shape index (κ3) is 2.51. The summed E-state index contributed by atoms with van der Waals surface area (Å²) in [6.45, 7) is 1.31. The maximum Gasteiger partial charge on any atom is 0.303 e. The van der Waals surface area contributed by atoms with Crippen molar-refractivity contribution in [3.05, 3.63) is 35.4 Å². The van der Waals surface area contributed by atoms with E-state index in [1.807, 2.05) is 0 Å². The largest absolute Gasteiger partial charge is 0.481 e. The van der Waals surface area contributed by atoms with Gasteiger partial charge in [-0.2, -0.15) is 0 Å². The maximum absolute atomic E-state index is 10.8. The smallest absolute Gasteiger partial charge is 0.303 e. The van der Waals surface area contributed by atoms with Gasteiger partial charge >= 0.3 is 5.97 Å². The van der Waals surface area contributed by atoms with Crippen molar-refractivity contribution in [1.82, 2.24) is 4.90 Å². The van der Waals surface area contributed by atoms with Crippen molar-refractivity contribution in [3.8, 4) is 0 Å². The number of benzene rings is 1. The average molecular weight is 261 g/mol. The van der Waals surface area contributed by atoms with E-state index in [9.17, 15) is 9.90 Å². The lowest BCUT2D eigenvalue weighted by atomic mass is 10.0. The molecule has 1 aliphatic carbocycles. The summed E-state index contributed by atoms with van der Waals surface area (Å²) < 4.78 is 0. The molecule has 1 aliphatic heterocycles. The van der Waals surface area contributed by atoms with Gasteiger partial charge in [-0.3, -0.25) is 9.69 Å². The number of hydrogen-bond donors (Lipinski definition) is 2. The highest BCUT2D eigenvalue weighted by molar-refractivity contribution is 5.67. The third-order valence-electron chi connectivity index (χ3n) is 4.42. The van der Waals surface area contributed by atoms with Crippen LogP contribution in [0.1, 0.15) is 17.5 Å². The fourth-order valence-electron chi connectivity index (χ4n) is 3.40. The van der Waals surface area contributed by atoms with Gasteiger partial charge in [0.2, 0.25) is 0 Å². The predicted molar refractivity (Wildman–Crippen MR) is 71.0 cm³/mol. The first kappa shape index (κ1) is 12.6. The number of hydrogen-bond acceptors (Lipinski definition) is 3. The highest BCUT2D eigenvalue weighted by Crippen LogP contribution is 2.30. The normalized spacial score (nSPS) is 27.6. The lowest BCUT2D eigenvalue weighted by Crippen LogP contribution is -2.34. The number of aliphatic carboxylic acids is 1. The third-order valence-corrected chi connectivity index (χ3v) is 4.42. The van der Waals surface area contributed by atoms with Gasteiger partial charge in [-0.15, -0.1) is 0 Å². The summed E-state index contributed by atoms with van der Waals surface area (Å²) in [7, 11) is 0. The zero-order valence-corrected chi connectivity index (χ0v) is 10.8. The number of aliphatic hydroxyl groups excluding tert-OH is 1. The topological polar surface area (TPSA) is 60.8 Å². The average Bonchev–Trinajstić information content (AvgIpc) is 2.93. The van der Waals surface area contributed by atoms with Crippen LogP contribution >= 0.6 is 0 Å². The van der Waals surface area contributed by atoms with E-state index in [1.165, 1.54) is 11.1 Å². The van der Waals surface area contributed by atoms with Gasteiger partial charge in [0.15, 0.2) is 0 Å². The van der Waals surface area contributed by atoms with Crippen molar-refractivity contribution >= 4 is 5.97 Å². The first-order valence-electron chi connectivity index (χ1n) is 6.84. The number of carbonyl (C=O) groups is 1. The molecule has 0 amide bonds. The summed E-state index contributed by atoms with van der Waals surface area (Å²) in [4.78, 5) is 13.0. The van der Waals surface area contributed by atoms with Gasteiger partial charge < -0.3 is 10.2 Å². The lowest BCUT2D eigenvalue weighted by Gasteiger charge is -2.23. The number of fused-ring (bicyclic) bond motifs is 1. The summed E-state index contributed by atoms with van der Waals surface area (Å²) in [6.07, 6.45) is 1.60. The van der Waals surface area contributed by atoms with Gasteiger partial charge in [0, 0.05) is 25.0 Å². The van der Waals surface area contributed by atoms with Crippen LogP contribution in [-0.2, 0) is 17.6 Å². The quantitative estimate of drug-likeness (QED) is 0.849. The van der Waals surface area contributed by atoms with Crippen molar-refractivity contribution in [3.63, 3.8) is 0 Å². The van der Waals surface area contributed by atoms with Gasteiger partial charge in [0.1, 0.15) is 0 Å². The van der Waals surface area contributed by atoms with Gasteiger partial charge in [-0.25, -0.2) is 0 Å². The van der Waals surface area contributed by atoms with Crippen LogP contribution in [0.4, 0.5) is 0 Å². The number of carboxylic acid groups (broad SMARTS) is 1. The van der Waals surface area contributed by atoms with Gasteiger partial charge in [0.05, 0.1) is 12.5 Å². The molecule has 0 radical (unpaired) electrons. The number of nitrogens with zero attached hydrogens (tertiary/aromatic N) is 1. The second-order valence-corrected chi connectivity index (χ2v) is 5.71. The second-order valence-electron chi connectivity index (χ2n) is 5.71. The SMILES string of the molecule is O=C(O)C[C@@H]1CN(C2Cc3ccccc3C2)C[C@H]1O. The van der Waals surface area contributed by atoms with E-state index in [0.29, 0.717) is 19.1 Å². The molecule has 19 heavy (non-hydrogen) atoms. The first-order chi connectivity index (χ1) is 9.13. The van der Waals surface area contributed by atoms with E-state index >= 15 is 0 Å². The van der Waals surface area contributed by atoms with Crippen LogP contribution in [0.5, 0.6) is 0 Å². The van der Waals surface area contributed by atoms with Crippen LogP contribution in [-0.4, -0.2) is 46.3 Å². The summed E-state index contributed by atoms with van der Waals surface area (Å²) in [5.41, 5.74) is 2.78. The molecule has 4 nitrogen and oxygen atoms in total. The molecule has 2 atom stereocenters. The molecule has 2 N–H and O–H groups in total. The minimum Gasteiger partial charge on any atom is -0.481 e. The molecule has 1 fully saturated rings. The Labute approximate surface area is 112 Å². The standard InChI is InChI=1S/C15H19NO3/c17-14-9-16(8-12(14)7-15(18)19)13-5-10-3-1-2-4-11(10)6-13/h1-4,12-14,17H,5-9H2,(H,18,19)/t12-,14-/m1/s1. The molecule has 0 spiro atoms. The van der Waals surface area contributed by atoms with Crippen molar-refractivity contribution in [2.75, 3.05) is 13.1 Å². The Morgan fingerprint density at radius 1 is 1.21 bits per heavy atom. The minimum atomic E-state index is -0.819. The molecule has 1 aromatic carbocycles. The number of rotatable bonds is 3. The van der Waals surface area contributed by atoms with E-state index in [1.54, 1.807) is 0 Å². The second kappa shape index (κ2) is 4.94. The Kier molecular flexibility index (Phi) is 3.29. The van der Waals surface area contributed by atoms with Crippen LogP contribution in [0.3, 0.4) is 0 Å². The summed E-state index contributed by atoms with van der Waals surface area (Å²) in [6, 6.07) is 8.87. The van der Waals surface area contributed by atoms with Gasteiger partial charge in [0.25, 0.3) is 0 Å². The van der Waals surface area contributed by atoms with Crippen LogP contribution in [0.15, 0.2) is 24.3 Å². The summed E-state index contributed by atoms with van der Waals surface area (Å²) in [5.74, 6) is -0.943. The van der Waals surface area contributed by atoms with Crippen LogP contribution in [0.2, 0.25) is 0 Å². The molecule has 3 rings (SSSR count). The van der Waals surface area contributed by atoms with E-state index in [2.05, 4.69) is 29.2 Å². The Hall–Kier alpha value is -1.39. The Balaban J connectivity index is 1.65. The Morgan fingerprint density at radius 2 is 1.84 bits per heavy atom. The molecule has 0 saturated carbocycles. The van der Waals surface area contributed by atoms with E-state index in [0.717, 1.165) is 12.8 Å². The predicted octanol–water partition coefficient (Wildman–Crippen LogP) is 0.921. The lowest BCUT2D eigenvalue weighted by molar-refractivity contribution is -0.138. The molecule has 1 aromatic rings. The fraction of sp³-hybridized carbons (Fsp3) is 0.533. The molecule has 1 heterocycles. The van der Waals surface area contributed by atoms with E-state index in [-0.39, 0.29) is 12.3 Å². The zero-order chi connectivity index (χ0) is 13.4. The van der Waals surface area contributed by atoms with Crippen LogP contribution < -0.4 is 0 Å². The zero-order valence-electron chi connectivity index (χ0n) is 10.8. The first-order valence-corrected chi connectivity index (χ1v) is 6.84. The number of carboxylic acids is 1. The molecule has 102 valence electrons. The minimum absolute atomic E-state index is 0.0668. The summed E-state index contributed by atoms with van der Waals surface area (Å²) >= 11 is 0. The van der Waals surface area contributed by atoms with Gasteiger partial charge in [-0.05, 0) is 24.0 Å². The monoisotopic (exact) mass is 261 g/mol. The molecular formula is C15H19NO3. The van der Waals surface area contributed by atoms with Crippen LogP contribution in [0, 0.1) is 5.92 Å². The number of aliphatic hydroxyl groups is 1. The van der Waals surface area contributed by atoms with Crippen molar-refractivity contribution in [1.29, 1.82) is 0 Å². The van der Waals surface area contributed by atoms with Crippen molar-refractivity contribution < 1.29 is 15.0 Å². The molecule has 0 bridgehead atoms. The maximum atomic E-state index is 10.8. The molecule has 0 unspecified atom stereocenters. The van der Waals surface area contributed by atoms with Crippen LogP contribution in [0.25, 0.3) is 0 Å². The van der Waals surface area contributed by atoms with Crippen molar-refractivity contribution in [2.24, 2.45) is 5.92 Å². The molecule has 0 aromatic heterocycles. The Bertz CT molecular complexity index is 463. The Morgan fingerprint density at radius 3 is 2.42 bits per heavy atom. The molecular weight excluding hydrogens is 242 g/mol. The highest BCUT2D eigenvalue weighted by atomic mass is 16.4. The number of β-amino-alcohol motifs (C(OH)–C–C–N with tert-alkyl or cyclic N) is 1. The van der Waals surface area contributed by atoms with Crippen molar-refractivity contribution in [2.45, 2.75) is 31.4 Å². The summed E-state index contributed by atoms with van der Waals surface area (Å²) in [5, 5.41) is 18.8. The molecule has 2 aliphatic rings. The number of likely N-dealkylation sites (tertiary alicyclic amines) is 1. The van der Waals surface area contributed by atoms with Gasteiger partial charge in [-0.1, -0.05) is 24.3 Å². The van der Waals surface area contributed by atoms with E-state index < -0.39 is 12.1 Å². The highest BCUT2D eigenvalue weighted by Gasteiger charge is 2.37. The van der Waals surface area contributed by atoms with E-state index in [4.69, 9.17) is 5.11 Å². The molecule has 4 heteroatoms. The molecule has 1 saturated heterocycles. The fourth-order valence-corrected chi connectivity index (χ4v) is 3.40.